The van der Waals surface area contributed by atoms with Gasteiger partial charge in [-0.1, -0.05) is 31.2 Å². The molecule has 1 aromatic rings. The summed E-state index contributed by atoms with van der Waals surface area (Å²) >= 11 is 6.07. The van der Waals surface area contributed by atoms with Crippen molar-refractivity contribution < 1.29 is 4.74 Å². The summed E-state index contributed by atoms with van der Waals surface area (Å²) in [5.74, 6) is 3.98. The molecular weight excluding hydrogens is 314 g/mol. The van der Waals surface area contributed by atoms with Crippen molar-refractivity contribution in [1.82, 2.24) is 14.9 Å². The summed E-state index contributed by atoms with van der Waals surface area (Å²) in [6.07, 6.45) is 2.43. The summed E-state index contributed by atoms with van der Waals surface area (Å²) in [6, 6.07) is 2.08. The monoisotopic (exact) mass is 337 g/mol. The highest BCUT2D eigenvalue weighted by molar-refractivity contribution is 6.83. The minimum absolute atomic E-state index is 0.0660. The van der Waals surface area contributed by atoms with E-state index in [1.165, 1.54) is 6.42 Å². The molecule has 0 spiro atoms. The fraction of sp³-hybridized carbons (Fsp3) is 0.625. The lowest BCUT2D eigenvalue weighted by Crippen LogP contribution is -2.38. The highest BCUT2D eigenvalue weighted by Gasteiger charge is 2.28. The number of likely N-dealkylation sites (N-methyl/N-ethyl adjacent to an activating group) is 1. The summed E-state index contributed by atoms with van der Waals surface area (Å²) in [4.78, 5) is 10.9. The first-order valence-corrected chi connectivity index (χ1v) is 11.6. The predicted octanol–water partition coefficient (Wildman–Crippen LogP) is 3.22. The summed E-state index contributed by atoms with van der Waals surface area (Å²) in [5.41, 5.74) is 3.25. The number of rotatable bonds is 3. The number of aromatic nitrogens is 2. The Hall–Kier alpha value is -1.09. The molecule has 0 radical (unpaired) electrons. The second-order valence-corrected chi connectivity index (χ2v) is 12.0. The molecular formula is C16H24ClN3OSi. The fourth-order valence-corrected chi connectivity index (χ4v) is 3.21. The molecule has 1 aliphatic heterocycles. The van der Waals surface area contributed by atoms with Crippen molar-refractivity contribution in [3.8, 4) is 17.3 Å². The van der Waals surface area contributed by atoms with E-state index in [1.54, 1.807) is 6.07 Å². The molecule has 2 rings (SSSR count). The normalized spacial score (nSPS) is 20.4. The van der Waals surface area contributed by atoms with Crippen LogP contribution in [0.15, 0.2) is 6.07 Å². The molecule has 1 aromatic heterocycles. The highest BCUT2D eigenvalue weighted by atomic mass is 35.5. The SMILES string of the molecule is CC(Oc1cc(Cl)nc(C#C[Si](C)(C)C)n1)[C@@H]1CCCN1C. The zero-order valence-corrected chi connectivity index (χ0v) is 15.7. The Kier molecular flexibility index (Phi) is 5.49. The van der Waals surface area contributed by atoms with Gasteiger partial charge in [0.15, 0.2) is 0 Å². The van der Waals surface area contributed by atoms with E-state index >= 15 is 0 Å². The zero-order valence-electron chi connectivity index (χ0n) is 14.0. The second kappa shape index (κ2) is 6.99. The van der Waals surface area contributed by atoms with Gasteiger partial charge in [-0.05, 0) is 39.3 Å². The molecule has 1 aliphatic rings. The van der Waals surface area contributed by atoms with Crippen LogP contribution < -0.4 is 4.74 Å². The van der Waals surface area contributed by atoms with E-state index in [-0.39, 0.29) is 6.10 Å². The van der Waals surface area contributed by atoms with Crippen molar-refractivity contribution in [2.45, 2.75) is 51.6 Å². The number of hydrogen-bond donors (Lipinski definition) is 0. The zero-order chi connectivity index (χ0) is 16.3. The average molecular weight is 338 g/mol. The first kappa shape index (κ1) is 17.3. The van der Waals surface area contributed by atoms with Crippen molar-refractivity contribution in [3.05, 3.63) is 17.0 Å². The van der Waals surface area contributed by atoms with E-state index in [0.717, 1.165) is 13.0 Å². The molecule has 120 valence electrons. The number of ether oxygens (including phenoxy) is 1. The fourth-order valence-electron chi connectivity index (χ4n) is 2.55. The maximum absolute atomic E-state index is 6.07. The van der Waals surface area contributed by atoms with Gasteiger partial charge in [-0.3, -0.25) is 4.90 Å². The summed E-state index contributed by atoms with van der Waals surface area (Å²) in [5, 5.41) is 0.372. The maximum atomic E-state index is 6.07. The second-order valence-electron chi connectivity index (χ2n) is 6.87. The van der Waals surface area contributed by atoms with Gasteiger partial charge in [0.25, 0.3) is 0 Å². The van der Waals surface area contributed by atoms with Gasteiger partial charge in [0.05, 0.1) is 0 Å². The van der Waals surface area contributed by atoms with Gasteiger partial charge in [0.1, 0.15) is 19.3 Å². The summed E-state index contributed by atoms with van der Waals surface area (Å²) in [6.45, 7) is 9.74. The third-order valence-corrected chi connectivity index (χ3v) is 4.71. The maximum Gasteiger partial charge on any atom is 0.219 e. The molecule has 2 atom stereocenters. The molecule has 0 bridgehead atoms. The van der Waals surface area contributed by atoms with E-state index in [4.69, 9.17) is 16.3 Å². The van der Waals surface area contributed by atoms with Crippen LogP contribution in [-0.2, 0) is 0 Å². The first-order chi connectivity index (χ1) is 10.2. The molecule has 1 fully saturated rings. The molecule has 0 N–H and O–H groups in total. The molecule has 2 heterocycles. The van der Waals surface area contributed by atoms with Crippen LogP contribution in [0, 0.1) is 11.5 Å². The molecule has 0 amide bonds. The van der Waals surface area contributed by atoms with Gasteiger partial charge in [-0.2, -0.15) is 4.98 Å². The highest BCUT2D eigenvalue weighted by Crippen LogP contribution is 2.22. The van der Waals surface area contributed by atoms with Gasteiger partial charge in [-0.25, -0.2) is 4.98 Å². The lowest BCUT2D eigenvalue weighted by molar-refractivity contribution is 0.116. The molecule has 6 heteroatoms. The Morgan fingerprint density at radius 1 is 1.41 bits per heavy atom. The van der Waals surface area contributed by atoms with E-state index in [2.05, 4.69) is 59.9 Å². The van der Waals surface area contributed by atoms with Crippen molar-refractivity contribution >= 4 is 19.7 Å². The minimum Gasteiger partial charge on any atom is -0.473 e. The Balaban J connectivity index is 2.14. The molecule has 1 unspecified atom stereocenters. The van der Waals surface area contributed by atoms with E-state index in [0.29, 0.717) is 22.9 Å². The Morgan fingerprint density at radius 3 is 2.73 bits per heavy atom. The average Bonchev–Trinajstić information content (AvgIpc) is 2.81. The van der Waals surface area contributed by atoms with E-state index in [9.17, 15) is 0 Å². The quantitative estimate of drug-likeness (QED) is 0.482. The first-order valence-electron chi connectivity index (χ1n) is 7.69. The lowest BCUT2D eigenvalue weighted by Gasteiger charge is -2.26. The van der Waals surface area contributed by atoms with Crippen LogP contribution in [0.5, 0.6) is 5.88 Å². The number of nitrogens with zero attached hydrogens (tertiary/aromatic N) is 3. The van der Waals surface area contributed by atoms with E-state index in [1.807, 2.05) is 0 Å². The molecule has 22 heavy (non-hydrogen) atoms. The summed E-state index contributed by atoms with van der Waals surface area (Å²) < 4.78 is 5.99. The number of likely N-dealkylation sites (tertiary alicyclic amines) is 1. The van der Waals surface area contributed by atoms with Gasteiger partial charge in [-0.15, -0.1) is 5.54 Å². The van der Waals surface area contributed by atoms with Crippen LogP contribution in [0.25, 0.3) is 0 Å². The topological polar surface area (TPSA) is 38.3 Å². The Labute approximate surface area is 139 Å². The van der Waals surface area contributed by atoms with Crippen LogP contribution in [0.3, 0.4) is 0 Å². The molecule has 0 saturated carbocycles. The Bertz CT molecular complexity index is 591. The van der Waals surface area contributed by atoms with Gasteiger partial charge < -0.3 is 4.74 Å². The van der Waals surface area contributed by atoms with E-state index < -0.39 is 8.07 Å². The molecule has 1 saturated heterocycles. The predicted molar refractivity (Wildman–Crippen MR) is 93.0 cm³/mol. The Morgan fingerprint density at radius 2 is 2.14 bits per heavy atom. The third kappa shape index (κ3) is 4.98. The molecule has 4 nitrogen and oxygen atoms in total. The van der Waals surface area contributed by atoms with Crippen LogP contribution in [0.1, 0.15) is 25.6 Å². The minimum atomic E-state index is -1.47. The van der Waals surface area contributed by atoms with Crippen LogP contribution in [-0.4, -0.2) is 48.7 Å². The van der Waals surface area contributed by atoms with Gasteiger partial charge >= 0.3 is 0 Å². The van der Waals surface area contributed by atoms with Crippen LogP contribution in [0.2, 0.25) is 24.8 Å². The van der Waals surface area contributed by atoms with Crippen molar-refractivity contribution in [2.75, 3.05) is 13.6 Å². The smallest absolute Gasteiger partial charge is 0.219 e. The van der Waals surface area contributed by atoms with Crippen molar-refractivity contribution in [1.29, 1.82) is 0 Å². The standard InChI is InChI=1S/C16H24ClN3OSi/c1-12(13-7-6-9-20(13)2)21-16-11-14(17)18-15(19-16)8-10-22(3,4)5/h11-13H,6-7,9H2,1-5H3/t12?,13-/m0/s1. The molecule has 0 aliphatic carbocycles. The third-order valence-electron chi connectivity index (χ3n) is 3.65. The largest absolute Gasteiger partial charge is 0.473 e. The van der Waals surface area contributed by atoms with Gasteiger partial charge in [0, 0.05) is 12.1 Å². The van der Waals surface area contributed by atoms with Crippen molar-refractivity contribution in [3.63, 3.8) is 0 Å². The number of hydrogen-bond acceptors (Lipinski definition) is 4. The number of halogens is 1. The van der Waals surface area contributed by atoms with Crippen LogP contribution >= 0.6 is 11.6 Å². The summed E-state index contributed by atoms with van der Waals surface area (Å²) in [7, 11) is 0.665. The van der Waals surface area contributed by atoms with Crippen LogP contribution in [0.4, 0.5) is 0 Å². The molecule has 0 aromatic carbocycles. The van der Waals surface area contributed by atoms with Gasteiger partial charge in [0.2, 0.25) is 11.7 Å². The lowest BCUT2D eigenvalue weighted by atomic mass is 10.1. The van der Waals surface area contributed by atoms with Crippen molar-refractivity contribution in [2.24, 2.45) is 0 Å².